The van der Waals surface area contributed by atoms with Gasteiger partial charge in [0, 0.05) is 12.0 Å². The molecular formula is C17H23NO3. The van der Waals surface area contributed by atoms with Crippen molar-refractivity contribution in [1.29, 1.82) is 0 Å². The summed E-state index contributed by atoms with van der Waals surface area (Å²) in [6, 6.07) is 4.21. The van der Waals surface area contributed by atoms with Crippen molar-refractivity contribution in [3.05, 3.63) is 23.3 Å². The lowest BCUT2D eigenvalue weighted by atomic mass is 9.54. The summed E-state index contributed by atoms with van der Waals surface area (Å²) in [5, 5.41) is 11.3. The molecule has 4 nitrogen and oxygen atoms in total. The third-order valence-electron chi connectivity index (χ3n) is 5.51. The quantitative estimate of drug-likeness (QED) is 0.925. The van der Waals surface area contributed by atoms with Crippen LogP contribution < -0.4 is 9.47 Å². The van der Waals surface area contributed by atoms with E-state index in [-0.39, 0.29) is 5.41 Å². The fourth-order valence-electron chi connectivity index (χ4n) is 4.57. The number of hydrogen-bond acceptors (Lipinski definition) is 4. The summed E-state index contributed by atoms with van der Waals surface area (Å²) < 4.78 is 11.0. The van der Waals surface area contributed by atoms with Crippen LogP contribution in [0, 0.1) is 0 Å². The first-order chi connectivity index (χ1) is 10.0. The average molecular weight is 289 g/mol. The Morgan fingerprint density at radius 2 is 1.81 bits per heavy atom. The molecule has 2 aliphatic carbocycles. The van der Waals surface area contributed by atoms with Crippen LogP contribution in [-0.2, 0) is 11.8 Å². The molecule has 3 aliphatic rings. The first-order valence-electron chi connectivity index (χ1n) is 7.84. The molecule has 1 aromatic rings. The van der Waals surface area contributed by atoms with Crippen molar-refractivity contribution in [2.24, 2.45) is 0 Å². The van der Waals surface area contributed by atoms with E-state index in [2.05, 4.69) is 31.1 Å². The summed E-state index contributed by atoms with van der Waals surface area (Å²) in [6.45, 7) is 1.19. The second-order valence-corrected chi connectivity index (χ2v) is 7.10. The van der Waals surface area contributed by atoms with Gasteiger partial charge in [-0.1, -0.05) is 12.8 Å². The molecule has 1 atom stereocenters. The van der Waals surface area contributed by atoms with Crippen LogP contribution in [-0.4, -0.2) is 43.0 Å². The topological polar surface area (TPSA) is 41.9 Å². The Morgan fingerprint density at radius 3 is 2.48 bits per heavy atom. The Morgan fingerprint density at radius 1 is 1.14 bits per heavy atom. The van der Waals surface area contributed by atoms with Crippen LogP contribution in [0.1, 0.15) is 36.8 Å². The van der Waals surface area contributed by atoms with Gasteiger partial charge in [-0.15, -0.1) is 0 Å². The van der Waals surface area contributed by atoms with Crippen molar-refractivity contribution < 1.29 is 14.6 Å². The minimum Gasteiger partial charge on any atom is -0.454 e. The Bertz CT molecular complexity index is 578. The van der Waals surface area contributed by atoms with E-state index < -0.39 is 5.60 Å². The maximum absolute atomic E-state index is 11.3. The highest BCUT2D eigenvalue weighted by Crippen LogP contribution is 2.56. The molecule has 21 heavy (non-hydrogen) atoms. The van der Waals surface area contributed by atoms with Crippen LogP contribution in [0.4, 0.5) is 0 Å². The van der Waals surface area contributed by atoms with Gasteiger partial charge in [0.1, 0.15) is 0 Å². The summed E-state index contributed by atoms with van der Waals surface area (Å²) in [7, 11) is 4.18. The number of aliphatic hydroxyl groups is 1. The van der Waals surface area contributed by atoms with Crippen LogP contribution >= 0.6 is 0 Å². The Labute approximate surface area is 125 Å². The van der Waals surface area contributed by atoms with Crippen molar-refractivity contribution >= 4 is 0 Å². The van der Waals surface area contributed by atoms with Gasteiger partial charge in [-0.25, -0.2) is 0 Å². The fraction of sp³-hybridized carbons (Fsp3) is 0.647. The zero-order valence-electron chi connectivity index (χ0n) is 12.8. The summed E-state index contributed by atoms with van der Waals surface area (Å²) in [4.78, 5) is 2.20. The number of nitrogens with zero attached hydrogens (tertiary/aromatic N) is 1. The van der Waals surface area contributed by atoms with Crippen LogP contribution in [0.3, 0.4) is 0 Å². The maximum atomic E-state index is 11.3. The van der Waals surface area contributed by atoms with Crippen molar-refractivity contribution in [2.45, 2.75) is 43.1 Å². The molecule has 1 fully saturated rings. The van der Waals surface area contributed by atoms with E-state index in [4.69, 9.17) is 9.47 Å². The molecule has 0 radical (unpaired) electrons. The van der Waals surface area contributed by atoms with Crippen LogP contribution in [0.5, 0.6) is 11.5 Å². The normalized spacial score (nSPS) is 28.6. The Kier molecular flexibility index (Phi) is 2.79. The SMILES string of the molecule is CN(C)CC1(C2(O)CCCC2)Cc2cc3c(cc21)OCO3. The highest BCUT2D eigenvalue weighted by Gasteiger charge is 2.58. The lowest BCUT2D eigenvalue weighted by Crippen LogP contribution is -2.61. The van der Waals surface area contributed by atoms with Gasteiger partial charge in [0.25, 0.3) is 0 Å². The predicted molar refractivity (Wildman–Crippen MR) is 79.9 cm³/mol. The molecule has 0 aromatic heterocycles. The van der Waals surface area contributed by atoms with Crippen molar-refractivity contribution in [1.82, 2.24) is 4.90 Å². The van der Waals surface area contributed by atoms with Crippen molar-refractivity contribution in [3.8, 4) is 11.5 Å². The van der Waals surface area contributed by atoms with Gasteiger partial charge in [-0.05, 0) is 56.6 Å². The van der Waals surface area contributed by atoms with E-state index in [9.17, 15) is 5.11 Å². The first kappa shape index (κ1) is 13.4. The van der Waals surface area contributed by atoms with Crippen LogP contribution in [0.15, 0.2) is 12.1 Å². The molecule has 4 rings (SSSR count). The summed E-state index contributed by atoms with van der Waals surface area (Å²) in [5.74, 6) is 1.68. The molecule has 1 N–H and O–H groups in total. The van der Waals surface area contributed by atoms with Gasteiger partial charge in [0.05, 0.1) is 5.60 Å². The molecule has 0 bridgehead atoms. The monoisotopic (exact) mass is 289 g/mol. The summed E-state index contributed by atoms with van der Waals surface area (Å²) in [5.41, 5.74) is 1.85. The van der Waals surface area contributed by atoms with Gasteiger partial charge in [-0.2, -0.15) is 0 Å². The second kappa shape index (κ2) is 4.37. The number of benzene rings is 1. The van der Waals surface area contributed by atoms with E-state index in [1.165, 1.54) is 11.1 Å². The minimum atomic E-state index is -0.571. The molecule has 1 aromatic carbocycles. The maximum Gasteiger partial charge on any atom is 0.231 e. The van der Waals surface area contributed by atoms with E-state index in [0.717, 1.165) is 50.1 Å². The molecule has 4 heteroatoms. The molecule has 0 saturated heterocycles. The number of ether oxygens (including phenoxy) is 2. The highest BCUT2D eigenvalue weighted by atomic mass is 16.7. The lowest BCUT2D eigenvalue weighted by Gasteiger charge is -2.54. The molecular weight excluding hydrogens is 266 g/mol. The van der Waals surface area contributed by atoms with Crippen LogP contribution in [0.25, 0.3) is 0 Å². The van der Waals surface area contributed by atoms with Gasteiger partial charge >= 0.3 is 0 Å². The van der Waals surface area contributed by atoms with Crippen LogP contribution in [0.2, 0.25) is 0 Å². The molecule has 1 unspecified atom stereocenters. The first-order valence-corrected chi connectivity index (χ1v) is 7.84. The van der Waals surface area contributed by atoms with Gasteiger partial charge in [-0.3, -0.25) is 0 Å². The number of rotatable bonds is 3. The van der Waals surface area contributed by atoms with Gasteiger partial charge in [0.15, 0.2) is 11.5 Å². The van der Waals surface area contributed by atoms with E-state index in [1.54, 1.807) is 0 Å². The minimum absolute atomic E-state index is 0.149. The summed E-state index contributed by atoms with van der Waals surface area (Å²) >= 11 is 0. The third kappa shape index (κ3) is 1.75. The second-order valence-electron chi connectivity index (χ2n) is 7.10. The standard InChI is InChI=1S/C17H23NO3/c1-18(2)10-16(17(19)5-3-4-6-17)9-12-7-14-15(8-13(12)16)21-11-20-14/h7-8,19H,3-6,9-11H2,1-2H3. The molecule has 1 aliphatic heterocycles. The Hall–Kier alpha value is -1.26. The van der Waals surface area contributed by atoms with E-state index >= 15 is 0 Å². The zero-order valence-corrected chi connectivity index (χ0v) is 12.8. The largest absolute Gasteiger partial charge is 0.454 e. The molecule has 1 saturated carbocycles. The van der Waals surface area contributed by atoms with Gasteiger partial charge < -0.3 is 19.5 Å². The molecule has 0 spiro atoms. The number of fused-ring (bicyclic) bond motifs is 2. The predicted octanol–water partition coefficient (Wildman–Crippen LogP) is 2.08. The molecule has 114 valence electrons. The lowest BCUT2D eigenvalue weighted by molar-refractivity contribution is -0.0563. The molecule has 1 heterocycles. The fourth-order valence-corrected chi connectivity index (χ4v) is 4.57. The van der Waals surface area contributed by atoms with Gasteiger partial charge in [0.2, 0.25) is 6.79 Å². The van der Waals surface area contributed by atoms with Crippen molar-refractivity contribution in [2.75, 3.05) is 27.4 Å². The number of likely N-dealkylation sites (N-methyl/N-ethyl adjacent to an activating group) is 1. The Balaban J connectivity index is 1.79. The number of hydrogen-bond donors (Lipinski definition) is 1. The highest BCUT2D eigenvalue weighted by molar-refractivity contribution is 5.58. The smallest absolute Gasteiger partial charge is 0.231 e. The van der Waals surface area contributed by atoms with Crippen molar-refractivity contribution in [3.63, 3.8) is 0 Å². The third-order valence-corrected chi connectivity index (χ3v) is 5.51. The van der Waals surface area contributed by atoms with E-state index in [0.29, 0.717) is 6.79 Å². The zero-order chi connectivity index (χ0) is 14.7. The average Bonchev–Trinajstić information content (AvgIpc) is 3.04. The van der Waals surface area contributed by atoms with E-state index in [1.807, 2.05) is 0 Å². The summed E-state index contributed by atoms with van der Waals surface area (Å²) in [6.07, 6.45) is 5.02. The molecule has 0 amide bonds.